The summed E-state index contributed by atoms with van der Waals surface area (Å²) in [7, 11) is 0. The van der Waals surface area contributed by atoms with Gasteiger partial charge < -0.3 is 10.4 Å². The molecule has 2 N–H and O–H groups in total. The van der Waals surface area contributed by atoms with Crippen LogP contribution in [0.3, 0.4) is 0 Å². The van der Waals surface area contributed by atoms with Crippen molar-refractivity contribution < 1.29 is 14.7 Å². The third kappa shape index (κ3) is 4.27. The molecule has 2 rings (SSSR count). The molecule has 0 spiro atoms. The summed E-state index contributed by atoms with van der Waals surface area (Å²) in [5.74, 6) is -1.28. The first kappa shape index (κ1) is 18.7. The number of aliphatic carboxylic acids is 1. The lowest BCUT2D eigenvalue weighted by atomic mass is 9.79. The molecule has 2 aromatic rings. The molecule has 0 radical (unpaired) electrons. The second kappa shape index (κ2) is 7.51. The number of carboxylic acid groups (broad SMARTS) is 1. The lowest BCUT2D eigenvalue weighted by Crippen LogP contribution is -2.39. The molecular weight excluding hydrogens is 314 g/mol. The number of amides is 1. The van der Waals surface area contributed by atoms with E-state index >= 15 is 0 Å². The molecule has 2 atom stereocenters. The van der Waals surface area contributed by atoms with E-state index in [1.807, 2.05) is 45.0 Å². The average molecular weight is 339 g/mol. The Balaban J connectivity index is 2.17. The Morgan fingerprint density at radius 3 is 2.36 bits per heavy atom. The molecule has 4 nitrogen and oxygen atoms in total. The van der Waals surface area contributed by atoms with Crippen LogP contribution in [0.25, 0.3) is 0 Å². The van der Waals surface area contributed by atoms with Gasteiger partial charge in [-0.05, 0) is 44.4 Å². The summed E-state index contributed by atoms with van der Waals surface area (Å²) >= 11 is 0. The van der Waals surface area contributed by atoms with Crippen LogP contribution in [0, 0.1) is 13.8 Å². The topological polar surface area (TPSA) is 66.4 Å². The van der Waals surface area contributed by atoms with Gasteiger partial charge >= 0.3 is 5.97 Å². The Hall–Kier alpha value is -2.62. The lowest BCUT2D eigenvalue weighted by Gasteiger charge is -2.26. The van der Waals surface area contributed by atoms with Crippen LogP contribution in [0.1, 0.15) is 48.6 Å². The maximum atomic E-state index is 12.5. The number of aryl methyl sites for hydroxylation is 2. The van der Waals surface area contributed by atoms with Crippen LogP contribution in [0.2, 0.25) is 0 Å². The zero-order chi connectivity index (χ0) is 18.6. The summed E-state index contributed by atoms with van der Waals surface area (Å²) in [6, 6.07) is 14.8. The smallest absolute Gasteiger partial charge is 0.314 e. The highest BCUT2D eigenvalue weighted by molar-refractivity contribution is 5.89. The minimum absolute atomic E-state index is 0.110. The third-order valence-electron chi connectivity index (χ3n) is 4.68. The minimum Gasteiger partial charge on any atom is -0.481 e. The van der Waals surface area contributed by atoms with Crippen molar-refractivity contribution in [2.75, 3.05) is 0 Å². The third-order valence-corrected chi connectivity index (χ3v) is 4.68. The van der Waals surface area contributed by atoms with Crippen LogP contribution in [0.5, 0.6) is 0 Å². The summed E-state index contributed by atoms with van der Waals surface area (Å²) in [6.45, 7) is 7.52. The molecule has 0 fully saturated rings. The van der Waals surface area contributed by atoms with E-state index in [-0.39, 0.29) is 18.4 Å². The number of hydrogen-bond acceptors (Lipinski definition) is 2. The van der Waals surface area contributed by atoms with Crippen LogP contribution in [0.4, 0.5) is 0 Å². The highest BCUT2D eigenvalue weighted by Gasteiger charge is 2.37. The van der Waals surface area contributed by atoms with E-state index in [2.05, 4.69) is 5.32 Å². The van der Waals surface area contributed by atoms with Crippen LogP contribution < -0.4 is 5.32 Å². The molecule has 2 aromatic carbocycles. The first-order valence-corrected chi connectivity index (χ1v) is 8.39. The van der Waals surface area contributed by atoms with Crippen molar-refractivity contribution in [2.45, 2.75) is 45.6 Å². The van der Waals surface area contributed by atoms with Gasteiger partial charge in [0.25, 0.3) is 0 Å². The first-order chi connectivity index (χ1) is 11.7. The molecule has 0 saturated carbocycles. The standard InChI is InChI=1S/C21H25NO3/c1-14-10-11-15(2)18(12-14)16(3)22-19(23)13-21(4,20(24)25)17-8-6-5-7-9-17/h5-12,16H,13H2,1-4H3,(H,22,23)(H,24,25)/t16-,21+/m1/s1. The zero-order valence-corrected chi connectivity index (χ0v) is 15.2. The number of carbonyl (C=O) groups excluding carboxylic acids is 1. The Bertz CT molecular complexity index is 770. The maximum absolute atomic E-state index is 12.5. The summed E-state index contributed by atoms with van der Waals surface area (Å²) in [4.78, 5) is 24.4. The molecule has 0 heterocycles. The van der Waals surface area contributed by atoms with Crippen molar-refractivity contribution in [1.82, 2.24) is 5.32 Å². The van der Waals surface area contributed by atoms with Gasteiger partial charge in [0, 0.05) is 6.42 Å². The number of benzene rings is 2. The Morgan fingerprint density at radius 1 is 1.12 bits per heavy atom. The molecule has 132 valence electrons. The summed E-state index contributed by atoms with van der Waals surface area (Å²) in [6.07, 6.45) is -0.110. The van der Waals surface area contributed by atoms with Gasteiger partial charge in [-0.1, -0.05) is 54.1 Å². The molecular formula is C21H25NO3. The number of hydrogen-bond donors (Lipinski definition) is 2. The zero-order valence-electron chi connectivity index (χ0n) is 15.2. The van der Waals surface area contributed by atoms with Crippen molar-refractivity contribution in [3.05, 3.63) is 70.8 Å². The Morgan fingerprint density at radius 2 is 1.76 bits per heavy atom. The normalized spacial score (nSPS) is 14.4. The summed E-state index contributed by atoms with van der Waals surface area (Å²) in [5.41, 5.74) is 2.64. The predicted molar refractivity (Wildman–Crippen MR) is 98.5 cm³/mol. The van der Waals surface area contributed by atoms with E-state index in [0.29, 0.717) is 5.56 Å². The monoisotopic (exact) mass is 339 g/mol. The minimum atomic E-state index is -1.26. The Kier molecular flexibility index (Phi) is 5.62. The summed E-state index contributed by atoms with van der Waals surface area (Å²) < 4.78 is 0. The Labute approximate surface area is 148 Å². The predicted octanol–water partition coefficient (Wildman–Crippen LogP) is 3.91. The van der Waals surface area contributed by atoms with Crippen molar-refractivity contribution in [3.8, 4) is 0 Å². The molecule has 0 aliphatic rings. The molecule has 0 aromatic heterocycles. The van der Waals surface area contributed by atoms with E-state index in [4.69, 9.17) is 0 Å². The van der Waals surface area contributed by atoms with E-state index < -0.39 is 11.4 Å². The van der Waals surface area contributed by atoms with Crippen LogP contribution in [0.15, 0.2) is 48.5 Å². The van der Waals surface area contributed by atoms with Crippen molar-refractivity contribution >= 4 is 11.9 Å². The number of nitrogens with one attached hydrogen (secondary N) is 1. The van der Waals surface area contributed by atoms with Gasteiger partial charge in [-0.15, -0.1) is 0 Å². The molecule has 0 bridgehead atoms. The van der Waals surface area contributed by atoms with Crippen LogP contribution in [-0.4, -0.2) is 17.0 Å². The van der Waals surface area contributed by atoms with Crippen molar-refractivity contribution in [3.63, 3.8) is 0 Å². The second-order valence-electron chi connectivity index (χ2n) is 6.83. The fourth-order valence-electron chi connectivity index (χ4n) is 3.02. The average Bonchev–Trinajstić information content (AvgIpc) is 2.57. The van der Waals surface area contributed by atoms with E-state index in [1.165, 1.54) is 0 Å². The maximum Gasteiger partial charge on any atom is 0.314 e. The van der Waals surface area contributed by atoms with Gasteiger partial charge in [-0.2, -0.15) is 0 Å². The molecule has 25 heavy (non-hydrogen) atoms. The fraction of sp³-hybridized carbons (Fsp3) is 0.333. The number of carbonyl (C=O) groups is 2. The van der Waals surface area contributed by atoms with Crippen LogP contribution in [-0.2, 0) is 15.0 Å². The van der Waals surface area contributed by atoms with Crippen molar-refractivity contribution in [1.29, 1.82) is 0 Å². The van der Waals surface area contributed by atoms with Gasteiger partial charge in [0.05, 0.1) is 11.5 Å². The SMILES string of the molecule is Cc1ccc(C)c([C@@H](C)NC(=O)C[C@](C)(C(=O)O)c2ccccc2)c1. The van der Waals surface area contributed by atoms with E-state index in [1.54, 1.807) is 31.2 Å². The van der Waals surface area contributed by atoms with E-state index in [9.17, 15) is 14.7 Å². The van der Waals surface area contributed by atoms with Gasteiger partial charge in [0.2, 0.25) is 5.91 Å². The quantitative estimate of drug-likeness (QED) is 0.838. The largest absolute Gasteiger partial charge is 0.481 e. The number of carboxylic acids is 1. The fourth-order valence-corrected chi connectivity index (χ4v) is 3.02. The lowest BCUT2D eigenvalue weighted by molar-refractivity contribution is -0.145. The van der Waals surface area contributed by atoms with Gasteiger partial charge in [0.15, 0.2) is 0 Å². The van der Waals surface area contributed by atoms with Gasteiger partial charge in [-0.3, -0.25) is 9.59 Å². The van der Waals surface area contributed by atoms with Gasteiger partial charge in [0.1, 0.15) is 0 Å². The molecule has 0 aliphatic heterocycles. The van der Waals surface area contributed by atoms with Gasteiger partial charge in [-0.25, -0.2) is 0 Å². The highest BCUT2D eigenvalue weighted by atomic mass is 16.4. The summed E-state index contributed by atoms with van der Waals surface area (Å²) in [5, 5.41) is 12.6. The first-order valence-electron chi connectivity index (χ1n) is 8.39. The molecule has 0 aliphatic carbocycles. The van der Waals surface area contributed by atoms with E-state index in [0.717, 1.165) is 16.7 Å². The molecule has 0 saturated heterocycles. The number of rotatable bonds is 6. The highest BCUT2D eigenvalue weighted by Crippen LogP contribution is 2.28. The van der Waals surface area contributed by atoms with Crippen molar-refractivity contribution in [2.24, 2.45) is 0 Å². The molecule has 0 unspecified atom stereocenters. The molecule has 1 amide bonds. The molecule has 4 heteroatoms. The van der Waals surface area contributed by atoms with Crippen LogP contribution >= 0.6 is 0 Å². The second-order valence-corrected chi connectivity index (χ2v) is 6.83.